The number of piperidine rings is 1. The zero-order valence-electron chi connectivity index (χ0n) is 13.7. The Morgan fingerprint density at radius 2 is 1.88 bits per heavy atom. The molecular formula is C18H20ClN5. The Kier molecular flexibility index (Phi) is 4.10. The van der Waals surface area contributed by atoms with Crippen molar-refractivity contribution in [2.24, 2.45) is 5.92 Å². The maximum Gasteiger partial charge on any atom is 0.163 e. The van der Waals surface area contributed by atoms with E-state index in [4.69, 9.17) is 11.6 Å². The first-order valence-electron chi connectivity index (χ1n) is 8.36. The molecule has 0 aliphatic carbocycles. The third-order valence-electron chi connectivity index (χ3n) is 4.74. The molecule has 3 aromatic rings. The first-order valence-corrected chi connectivity index (χ1v) is 8.74. The Bertz CT molecular complexity index is 834. The molecule has 1 saturated heterocycles. The summed E-state index contributed by atoms with van der Waals surface area (Å²) >= 11 is 5.96. The molecule has 1 aromatic carbocycles. The highest BCUT2D eigenvalue weighted by atomic mass is 35.5. The predicted octanol–water partition coefficient (Wildman–Crippen LogP) is 3.76. The van der Waals surface area contributed by atoms with Crippen LogP contribution in [0.15, 0.2) is 36.8 Å². The molecule has 3 heterocycles. The fraction of sp³-hybridized carbons (Fsp3) is 0.389. The van der Waals surface area contributed by atoms with Crippen LogP contribution in [-0.2, 0) is 6.54 Å². The molecule has 24 heavy (non-hydrogen) atoms. The molecule has 124 valence electrons. The lowest BCUT2D eigenvalue weighted by molar-refractivity contribution is 0.437. The molecule has 6 heteroatoms. The lowest BCUT2D eigenvalue weighted by Crippen LogP contribution is -2.33. The summed E-state index contributed by atoms with van der Waals surface area (Å²) in [6.45, 7) is 5.09. The van der Waals surface area contributed by atoms with Gasteiger partial charge in [-0.25, -0.2) is 14.6 Å². The topological polar surface area (TPSA) is 46.8 Å². The Morgan fingerprint density at radius 1 is 1.12 bits per heavy atom. The second-order valence-corrected chi connectivity index (χ2v) is 6.97. The molecule has 0 unspecified atom stereocenters. The highest BCUT2D eigenvalue weighted by molar-refractivity contribution is 6.30. The predicted molar refractivity (Wildman–Crippen MR) is 96.5 cm³/mol. The van der Waals surface area contributed by atoms with Crippen molar-refractivity contribution in [3.63, 3.8) is 0 Å². The van der Waals surface area contributed by atoms with Crippen molar-refractivity contribution in [3.05, 3.63) is 47.4 Å². The molecule has 0 saturated carbocycles. The normalized spacial score (nSPS) is 16.0. The van der Waals surface area contributed by atoms with E-state index < -0.39 is 0 Å². The van der Waals surface area contributed by atoms with Crippen LogP contribution in [0, 0.1) is 5.92 Å². The van der Waals surface area contributed by atoms with Crippen LogP contribution >= 0.6 is 11.6 Å². The third kappa shape index (κ3) is 2.96. The molecule has 0 amide bonds. The molecule has 1 aliphatic heterocycles. The first-order chi connectivity index (χ1) is 11.7. The van der Waals surface area contributed by atoms with Gasteiger partial charge in [-0.2, -0.15) is 5.10 Å². The molecule has 5 nitrogen and oxygen atoms in total. The molecule has 0 N–H and O–H groups in total. The summed E-state index contributed by atoms with van der Waals surface area (Å²) in [4.78, 5) is 11.4. The average Bonchev–Trinajstić information content (AvgIpc) is 3.01. The van der Waals surface area contributed by atoms with Gasteiger partial charge >= 0.3 is 0 Å². The second-order valence-electron chi connectivity index (χ2n) is 6.53. The van der Waals surface area contributed by atoms with Crippen molar-refractivity contribution in [2.45, 2.75) is 26.3 Å². The van der Waals surface area contributed by atoms with Gasteiger partial charge in [0.25, 0.3) is 0 Å². The largest absolute Gasteiger partial charge is 0.356 e. The van der Waals surface area contributed by atoms with Gasteiger partial charge in [0.05, 0.1) is 18.1 Å². The van der Waals surface area contributed by atoms with Crippen LogP contribution in [0.2, 0.25) is 5.02 Å². The number of fused-ring (bicyclic) bond motifs is 1. The quantitative estimate of drug-likeness (QED) is 0.727. The zero-order chi connectivity index (χ0) is 16.5. The van der Waals surface area contributed by atoms with Crippen LogP contribution in [0.5, 0.6) is 0 Å². The summed E-state index contributed by atoms with van der Waals surface area (Å²) in [7, 11) is 0. The Balaban J connectivity index is 1.65. The molecular weight excluding hydrogens is 322 g/mol. The molecule has 2 aromatic heterocycles. The lowest BCUT2D eigenvalue weighted by atomic mass is 9.99. The summed E-state index contributed by atoms with van der Waals surface area (Å²) in [5.74, 6) is 1.81. The van der Waals surface area contributed by atoms with Gasteiger partial charge in [-0.15, -0.1) is 0 Å². The smallest absolute Gasteiger partial charge is 0.163 e. The van der Waals surface area contributed by atoms with Crippen molar-refractivity contribution in [3.8, 4) is 0 Å². The lowest BCUT2D eigenvalue weighted by Gasteiger charge is -2.31. The molecule has 0 bridgehead atoms. The van der Waals surface area contributed by atoms with E-state index in [-0.39, 0.29) is 0 Å². The zero-order valence-corrected chi connectivity index (χ0v) is 14.4. The number of aromatic nitrogens is 4. The number of rotatable bonds is 3. The van der Waals surface area contributed by atoms with Crippen molar-refractivity contribution >= 4 is 28.5 Å². The van der Waals surface area contributed by atoms with Gasteiger partial charge in [0.1, 0.15) is 12.1 Å². The van der Waals surface area contributed by atoms with Crippen molar-refractivity contribution < 1.29 is 0 Å². The molecule has 4 rings (SSSR count). The second kappa shape index (κ2) is 6.40. The molecule has 0 spiro atoms. The van der Waals surface area contributed by atoms with Crippen LogP contribution in [-0.4, -0.2) is 32.8 Å². The monoisotopic (exact) mass is 341 g/mol. The Morgan fingerprint density at radius 3 is 2.62 bits per heavy atom. The van der Waals surface area contributed by atoms with E-state index in [9.17, 15) is 0 Å². The SMILES string of the molecule is CC1CCN(c2ncnc3c2cnn3Cc2ccc(Cl)cc2)CC1. The van der Waals surface area contributed by atoms with Gasteiger partial charge in [-0.1, -0.05) is 30.7 Å². The van der Waals surface area contributed by atoms with Gasteiger partial charge in [0, 0.05) is 18.1 Å². The van der Waals surface area contributed by atoms with Gasteiger partial charge in [-0.3, -0.25) is 0 Å². The van der Waals surface area contributed by atoms with Crippen LogP contribution in [0.1, 0.15) is 25.3 Å². The van der Waals surface area contributed by atoms with Crippen LogP contribution in [0.4, 0.5) is 5.82 Å². The summed E-state index contributed by atoms with van der Waals surface area (Å²) < 4.78 is 1.93. The highest BCUT2D eigenvalue weighted by Gasteiger charge is 2.20. The van der Waals surface area contributed by atoms with Gasteiger partial charge in [0.15, 0.2) is 5.65 Å². The average molecular weight is 342 g/mol. The first kappa shape index (κ1) is 15.4. The van der Waals surface area contributed by atoms with E-state index in [2.05, 4.69) is 26.9 Å². The Labute approximate surface area is 146 Å². The number of benzene rings is 1. The molecule has 0 atom stereocenters. The molecule has 1 fully saturated rings. The van der Waals surface area contributed by atoms with Crippen LogP contribution in [0.25, 0.3) is 11.0 Å². The Hall–Kier alpha value is -2.14. The van der Waals surface area contributed by atoms with Crippen LogP contribution in [0.3, 0.4) is 0 Å². The summed E-state index contributed by atoms with van der Waals surface area (Å²) in [5, 5.41) is 6.31. The van der Waals surface area contributed by atoms with Crippen molar-refractivity contribution in [1.82, 2.24) is 19.7 Å². The number of halogens is 1. The summed E-state index contributed by atoms with van der Waals surface area (Å²) in [6, 6.07) is 7.84. The van der Waals surface area contributed by atoms with Gasteiger partial charge in [0.2, 0.25) is 0 Å². The van der Waals surface area contributed by atoms with E-state index in [0.29, 0.717) is 6.54 Å². The van der Waals surface area contributed by atoms with Gasteiger partial charge in [-0.05, 0) is 36.5 Å². The number of anilines is 1. The number of hydrogen-bond donors (Lipinski definition) is 0. The van der Waals surface area contributed by atoms with Crippen LogP contribution < -0.4 is 4.90 Å². The van der Waals surface area contributed by atoms with Gasteiger partial charge < -0.3 is 4.90 Å². The molecule has 0 radical (unpaired) electrons. The van der Waals surface area contributed by atoms with Crippen molar-refractivity contribution in [1.29, 1.82) is 0 Å². The van der Waals surface area contributed by atoms with E-state index in [1.807, 2.05) is 35.1 Å². The summed E-state index contributed by atoms with van der Waals surface area (Å²) in [6.07, 6.45) is 5.96. The minimum atomic E-state index is 0.675. The van der Waals surface area contributed by atoms with E-state index in [1.165, 1.54) is 12.8 Å². The number of hydrogen-bond acceptors (Lipinski definition) is 4. The third-order valence-corrected chi connectivity index (χ3v) is 4.99. The standard InChI is InChI=1S/C18H20ClN5/c1-13-6-8-23(9-7-13)17-16-10-22-24(18(16)21-12-20-17)11-14-2-4-15(19)5-3-14/h2-5,10,12-13H,6-9,11H2,1H3. The van der Waals surface area contributed by atoms with E-state index in [0.717, 1.165) is 46.4 Å². The fourth-order valence-corrected chi connectivity index (χ4v) is 3.36. The fourth-order valence-electron chi connectivity index (χ4n) is 3.23. The van der Waals surface area contributed by atoms with Crippen molar-refractivity contribution in [2.75, 3.05) is 18.0 Å². The number of nitrogens with zero attached hydrogens (tertiary/aromatic N) is 5. The highest BCUT2D eigenvalue weighted by Crippen LogP contribution is 2.27. The minimum Gasteiger partial charge on any atom is -0.356 e. The van der Waals surface area contributed by atoms with E-state index in [1.54, 1.807) is 6.33 Å². The van der Waals surface area contributed by atoms with E-state index >= 15 is 0 Å². The molecule has 1 aliphatic rings. The maximum atomic E-state index is 5.96. The minimum absolute atomic E-state index is 0.675. The summed E-state index contributed by atoms with van der Waals surface area (Å²) in [5.41, 5.74) is 2.03. The maximum absolute atomic E-state index is 5.96.